The van der Waals surface area contributed by atoms with Crippen LogP contribution in [0.5, 0.6) is 0 Å². The molecular formula is C20H20N2O3. The smallest absolute Gasteiger partial charge is 0.255 e. The molecule has 0 bridgehead atoms. The van der Waals surface area contributed by atoms with Gasteiger partial charge >= 0.3 is 0 Å². The first-order chi connectivity index (χ1) is 11.9. The zero-order valence-electron chi connectivity index (χ0n) is 14.3. The first kappa shape index (κ1) is 16.9. The van der Waals surface area contributed by atoms with Gasteiger partial charge in [0.1, 0.15) is 0 Å². The summed E-state index contributed by atoms with van der Waals surface area (Å²) in [5.41, 5.74) is 4.33. The third kappa shape index (κ3) is 3.76. The number of carbonyl (C=O) groups is 3. The average Bonchev–Trinajstić information content (AvgIpc) is 2.75. The third-order valence-electron chi connectivity index (χ3n) is 4.37. The second-order valence-electron chi connectivity index (χ2n) is 6.31. The van der Waals surface area contributed by atoms with Gasteiger partial charge in [0.15, 0.2) is 5.78 Å². The lowest BCUT2D eigenvalue weighted by atomic mass is 10.0. The van der Waals surface area contributed by atoms with Crippen molar-refractivity contribution >= 4 is 29.0 Å². The Morgan fingerprint density at radius 1 is 1.08 bits per heavy atom. The van der Waals surface area contributed by atoms with E-state index in [2.05, 4.69) is 10.6 Å². The van der Waals surface area contributed by atoms with Crippen molar-refractivity contribution in [3.05, 3.63) is 58.7 Å². The normalized spacial score (nSPS) is 13.4. The van der Waals surface area contributed by atoms with Gasteiger partial charge in [-0.3, -0.25) is 14.4 Å². The van der Waals surface area contributed by atoms with Crippen LogP contribution in [0.1, 0.15) is 51.6 Å². The van der Waals surface area contributed by atoms with Crippen LogP contribution in [0.3, 0.4) is 0 Å². The van der Waals surface area contributed by atoms with Crippen molar-refractivity contribution in [1.82, 2.24) is 0 Å². The fourth-order valence-electron chi connectivity index (χ4n) is 3.00. The van der Waals surface area contributed by atoms with Crippen LogP contribution in [0.15, 0.2) is 36.4 Å². The van der Waals surface area contributed by atoms with E-state index in [4.69, 9.17) is 0 Å². The molecule has 25 heavy (non-hydrogen) atoms. The van der Waals surface area contributed by atoms with Crippen LogP contribution < -0.4 is 10.6 Å². The Bertz CT molecular complexity index is 871. The van der Waals surface area contributed by atoms with Crippen LogP contribution in [0.25, 0.3) is 0 Å². The molecule has 0 saturated heterocycles. The van der Waals surface area contributed by atoms with Crippen LogP contribution in [-0.2, 0) is 11.2 Å². The summed E-state index contributed by atoms with van der Waals surface area (Å²) in [7, 11) is 0. The van der Waals surface area contributed by atoms with Crippen molar-refractivity contribution in [2.24, 2.45) is 0 Å². The molecule has 0 aromatic heterocycles. The van der Waals surface area contributed by atoms with E-state index in [9.17, 15) is 14.4 Å². The second-order valence-corrected chi connectivity index (χ2v) is 6.31. The minimum Gasteiger partial charge on any atom is -0.326 e. The topological polar surface area (TPSA) is 75.3 Å². The first-order valence-electron chi connectivity index (χ1n) is 8.30. The van der Waals surface area contributed by atoms with Gasteiger partial charge < -0.3 is 10.6 Å². The summed E-state index contributed by atoms with van der Waals surface area (Å²) in [6, 6.07) is 10.6. The zero-order valence-corrected chi connectivity index (χ0v) is 14.3. The summed E-state index contributed by atoms with van der Waals surface area (Å²) >= 11 is 0. The second kappa shape index (κ2) is 6.89. The highest BCUT2D eigenvalue weighted by Crippen LogP contribution is 2.25. The largest absolute Gasteiger partial charge is 0.326 e. The van der Waals surface area contributed by atoms with Gasteiger partial charge in [-0.25, -0.2) is 0 Å². The van der Waals surface area contributed by atoms with Crippen LogP contribution >= 0.6 is 0 Å². The molecule has 2 amide bonds. The Hall–Kier alpha value is -2.95. The van der Waals surface area contributed by atoms with E-state index < -0.39 is 0 Å². The van der Waals surface area contributed by atoms with Gasteiger partial charge in [0.2, 0.25) is 5.91 Å². The predicted octanol–water partition coefficient (Wildman–Crippen LogP) is 3.72. The summed E-state index contributed by atoms with van der Waals surface area (Å²) < 4.78 is 0. The highest BCUT2D eigenvalue weighted by molar-refractivity contribution is 6.06. The van der Waals surface area contributed by atoms with E-state index in [-0.39, 0.29) is 17.6 Å². The molecule has 0 saturated carbocycles. The van der Waals surface area contributed by atoms with E-state index in [1.807, 2.05) is 19.1 Å². The Kier molecular flexibility index (Phi) is 4.65. The lowest BCUT2D eigenvalue weighted by Gasteiger charge is -2.11. The molecule has 2 N–H and O–H groups in total. The van der Waals surface area contributed by atoms with Crippen molar-refractivity contribution in [3.63, 3.8) is 0 Å². The fourth-order valence-corrected chi connectivity index (χ4v) is 3.00. The van der Waals surface area contributed by atoms with Crippen molar-refractivity contribution in [3.8, 4) is 0 Å². The number of ketones is 1. The summed E-state index contributed by atoms with van der Waals surface area (Å²) in [5, 5.41) is 5.73. The molecule has 128 valence electrons. The van der Waals surface area contributed by atoms with Gasteiger partial charge in [0, 0.05) is 28.9 Å². The summed E-state index contributed by atoms with van der Waals surface area (Å²) in [6.07, 6.45) is 2.08. The Labute approximate surface area is 146 Å². The Morgan fingerprint density at radius 2 is 1.88 bits per heavy atom. The predicted molar refractivity (Wildman–Crippen MR) is 97.1 cm³/mol. The number of hydrogen-bond acceptors (Lipinski definition) is 3. The van der Waals surface area contributed by atoms with E-state index in [1.54, 1.807) is 24.3 Å². The number of rotatable bonds is 3. The number of anilines is 2. The van der Waals surface area contributed by atoms with Crippen LogP contribution in [0.4, 0.5) is 11.4 Å². The molecule has 0 aliphatic carbocycles. The van der Waals surface area contributed by atoms with Gasteiger partial charge in [0.25, 0.3) is 5.91 Å². The molecule has 0 spiro atoms. The standard InChI is InChI=1S/C20H20N2O3/c1-12-6-7-15(11-17(12)13(2)23)20(25)21-16-8-9-18-14(10-16)4-3-5-19(24)22-18/h6-11H,3-5H2,1-2H3,(H,21,25)(H,22,24). The molecule has 0 radical (unpaired) electrons. The first-order valence-corrected chi connectivity index (χ1v) is 8.30. The maximum absolute atomic E-state index is 12.5. The SMILES string of the molecule is CC(=O)c1cc(C(=O)Nc2ccc3c(c2)CCCC(=O)N3)ccc1C. The van der Waals surface area contributed by atoms with Crippen LogP contribution in [-0.4, -0.2) is 17.6 Å². The van der Waals surface area contributed by atoms with E-state index in [0.29, 0.717) is 23.2 Å². The number of fused-ring (bicyclic) bond motifs is 1. The van der Waals surface area contributed by atoms with Crippen LogP contribution in [0.2, 0.25) is 0 Å². The highest BCUT2D eigenvalue weighted by atomic mass is 16.2. The summed E-state index contributed by atoms with van der Waals surface area (Å²) in [6.45, 7) is 3.34. The molecule has 1 heterocycles. The van der Waals surface area contributed by atoms with Gasteiger partial charge in [-0.05, 0) is 68.1 Å². The van der Waals surface area contributed by atoms with E-state index in [0.717, 1.165) is 29.7 Å². The third-order valence-corrected chi connectivity index (χ3v) is 4.37. The van der Waals surface area contributed by atoms with E-state index >= 15 is 0 Å². The summed E-state index contributed by atoms with van der Waals surface area (Å²) in [4.78, 5) is 35.7. The van der Waals surface area contributed by atoms with Crippen molar-refractivity contribution < 1.29 is 14.4 Å². The average molecular weight is 336 g/mol. The lowest BCUT2D eigenvalue weighted by molar-refractivity contribution is -0.116. The molecule has 0 unspecified atom stereocenters. The number of benzene rings is 2. The van der Waals surface area contributed by atoms with Gasteiger partial charge in [0.05, 0.1) is 0 Å². The molecule has 2 aromatic carbocycles. The van der Waals surface area contributed by atoms with Gasteiger partial charge in [-0.15, -0.1) is 0 Å². The minimum atomic E-state index is -0.264. The number of hydrogen-bond donors (Lipinski definition) is 2. The Morgan fingerprint density at radius 3 is 2.64 bits per heavy atom. The molecule has 5 nitrogen and oxygen atoms in total. The fraction of sp³-hybridized carbons (Fsp3) is 0.250. The zero-order chi connectivity index (χ0) is 18.0. The highest BCUT2D eigenvalue weighted by Gasteiger charge is 2.15. The quantitative estimate of drug-likeness (QED) is 0.839. The number of amides is 2. The summed E-state index contributed by atoms with van der Waals surface area (Å²) in [5.74, 6) is -0.306. The molecule has 2 aromatic rings. The molecule has 1 aliphatic heterocycles. The maximum atomic E-state index is 12.5. The van der Waals surface area contributed by atoms with E-state index in [1.165, 1.54) is 6.92 Å². The monoisotopic (exact) mass is 336 g/mol. The van der Waals surface area contributed by atoms with Gasteiger partial charge in [-0.2, -0.15) is 0 Å². The van der Waals surface area contributed by atoms with Crippen molar-refractivity contribution in [2.75, 3.05) is 10.6 Å². The van der Waals surface area contributed by atoms with Gasteiger partial charge in [-0.1, -0.05) is 6.07 Å². The van der Waals surface area contributed by atoms with Crippen molar-refractivity contribution in [2.45, 2.75) is 33.1 Å². The van der Waals surface area contributed by atoms with Crippen molar-refractivity contribution in [1.29, 1.82) is 0 Å². The van der Waals surface area contributed by atoms with Crippen LogP contribution in [0, 0.1) is 6.92 Å². The Balaban J connectivity index is 1.82. The molecule has 1 aliphatic rings. The molecule has 3 rings (SSSR count). The maximum Gasteiger partial charge on any atom is 0.255 e. The molecule has 5 heteroatoms. The minimum absolute atomic E-state index is 0.0203. The lowest BCUT2D eigenvalue weighted by Crippen LogP contribution is -2.14. The molecule has 0 fully saturated rings. The number of nitrogens with one attached hydrogen (secondary N) is 2. The molecular weight excluding hydrogens is 316 g/mol. The number of Topliss-reactive ketones (excluding diaryl/α,β-unsaturated/α-hetero) is 1. The molecule has 0 atom stereocenters. The number of aryl methyl sites for hydroxylation is 2. The number of carbonyl (C=O) groups excluding carboxylic acids is 3.